The Hall–Kier alpha value is -1.32. The number of hydrogen-bond donors (Lipinski definition) is 1. The lowest BCUT2D eigenvalue weighted by Crippen LogP contribution is -2.12. The number of carbonyl (C=O) groups is 1. The normalized spacial score (nSPS) is 10.2. The molecule has 2 aromatic carbocycles. The predicted octanol–water partition coefficient (Wildman–Crippen LogP) is 4.66. The molecule has 0 aliphatic carbocycles. The van der Waals surface area contributed by atoms with Crippen LogP contribution in [0.3, 0.4) is 0 Å². The van der Waals surface area contributed by atoms with E-state index in [0.29, 0.717) is 10.6 Å². The van der Waals surface area contributed by atoms with Gasteiger partial charge in [-0.25, -0.2) is 0 Å². The van der Waals surface area contributed by atoms with E-state index in [2.05, 4.69) is 21.2 Å². The fraction of sp³-hybridized carbons (Fsp3) is 0.0714. The average molecular weight is 325 g/mol. The van der Waals surface area contributed by atoms with Gasteiger partial charge in [0.1, 0.15) is 0 Å². The molecule has 0 aliphatic rings. The van der Waals surface area contributed by atoms with E-state index in [-0.39, 0.29) is 5.91 Å². The van der Waals surface area contributed by atoms with Gasteiger partial charge in [-0.15, -0.1) is 0 Å². The first-order valence-electron chi connectivity index (χ1n) is 5.40. The van der Waals surface area contributed by atoms with Gasteiger partial charge >= 0.3 is 0 Å². The summed E-state index contributed by atoms with van der Waals surface area (Å²) in [5.74, 6) is -0.216. The fourth-order valence-electron chi connectivity index (χ4n) is 1.57. The number of aryl methyl sites for hydroxylation is 1. The van der Waals surface area contributed by atoms with Gasteiger partial charge in [-0.3, -0.25) is 4.79 Å². The van der Waals surface area contributed by atoms with Crippen molar-refractivity contribution in [2.45, 2.75) is 6.92 Å². The summed E-state index contributed by atoms with van der Waals surface area (Å²) >= 11 is 9.39. The molecule has 18 heavy (non-hydrogen) atoms. The zero-order valence-corrected chi connectivity index (χ0v) is 12.0. The summed E-state index contributed by atoms with van der Waals surface area (Å²) in [6.45, 7) is 1.97. The first-order valence-corrected chi connectivity index (χ1v) is 6.57. The molecule has 0 saturated heterocycles. The molecule has 2 nitrogen and oxygen atoms in total. The molecule has 0 aromatic heterocycles. The second-order valence-corrected chi connectivity index (χ2v) is 5.18. The number of halogens is 2. The SMILES string of the molecule is Cc1ccc(Br)c(NC(=O)c2ccccc2Cl)c1. The number of benzene rings is 2. The minimum absolute atomic E-state index is 0.216. The Morgan fingerprint density at radius 3 is 2.67 bits per heavy atom. The van der Waals surface area contributed by atoms with Crippen LogP contribution in [0.15, 0.2) is 46.9 Å². The van der Waals surface area contributed by atoms with Gasteiger partial charge in [0.15, 0.2) is 0 Å². The van der Waals surface area contributed by atoms with E-state index in [9.17, 15) is 4.79 Å². The summed E-state index contributed by atoms with van der Waals surface area (Å²) in [6.07, 6.45) is 0. The lowest BCUT2D eigenvalue weighted by atomic mass is 10.2. The molecule has 1 amide bonds. The molecule has 0 aliphatic heterocycles. The van der Waals surface area contributed by atoms with E-state index in [4.69, 9.17) is 11.6 Å². The number of hydrogen-bond acceptors (Lipinski definition) is 1. The van der Waals surface area contributed by atoms with E-state index in [1.807, 2.05) is 25.1 Å². The van der Waals surface area contributed by atoms with Crippen molar-refractivity contribution in [3.63, 3.8) is 0 Å². The maximum atomic E-state index is 12.1. The number of nitrogens with one attached hydrogen (secondary N) is 1. The van der Waals surface area contributed by atoms with Crippen LogP contribution < -0.4 is 5.32 Å². The largest absolute Gasteiger partial charge is 0.321 e. The molecule has 2 rings (SSSR count). The van der Waals surface area contributed by atoms with Crippen molar-refractivity contribution < 1.29 is 4.79 Å². The second kappa shape index (κ2) is 5.55. The van der Waals surface area contributed by atoms with Crippen LogP contribution in [0.4, 0.5) is 5.69 Å². The van der Waals surface area contributed by atoms with Crippen LogP contribution in [0, 0.1) is 6.92 Å². The van der Waals surface area contributed by atoms with Gasteiger partial charge < -0.3 is 5.32 Å². The number of anilines is 1. The highest BCUT2D eigenvalue weighted by molar-refractivity contribution is 9.10. The summed E-state index contributed by atoms with van der Waals surface area (Å²) in [5, 5.41) is 3.28. The number of amides is 1. The van der Waals surface area contributed by atoms with E-state index in [1.54, 1.807) is 24.3 Å². The van der Waals surface area contributed by atoms with E-state index >= 15 is 0 Å². The molecule has 0 bridgehead atoms. The van der Waals surface area contributed by atoms with Crippen molar-refractivity contribution in [3.8, 4) is 0 Å². The highest BCUT2D eigenvalue weighted by Gasteiger charge is 2.11. The molecule has 0 atom stereocenters. The quantitative estimate of drug-likeness (QED) is 0.855. The number of carbonyl (C=O) groups excluding carboxylic acids is 1. The van der Waals surface area contributed by atoms with Crippen molar-refractivity contribution in [3.05, 3.63) is 63.1 Å². The highest BCUT2D eigenvalue weighted by Crippen LogP contribution is 2.25. The minimum Gasteiger partial charge on any atom is -0.321 e. The van der Waals surface area contributed by atoms with Gasteiger partial charge in [0, 0.05) is 4.47 Å². The number of rotatable bonds is 2. The molecule has 2 aromatic rings. The topological polar surface area (TPSA) is 29.1 Å². The van der Waals surface area contributed by atoms with Crippen LogP contribution in [0.1, 0.15) is 15.9 Å². The maximum Gasteiger partial charge on any atom is 0.257 e. The van der Waals surface area contributed by atoms with Crippen LogP contribution in [-0.4, -0.2) is 5.91 Å². The van der Waals surface area contributed by atoms with Crippen molar-refractivity contribution >= 4 is 39.1 Å². The Labute approximate surface area is 119 Å². The Kier molecular flexibility index (Phi) is 4.04. The molecule has 0 spiro atoms. The third-order valence-electron chi connectivity index (χ3n) is 2.49. The van der Waals surface area contributed by atoms with E-state index in [1.165, 1.54) is 0 Å². The molecule has 1 N–H and O–H groups in total. The smallest absolute Gasteiger partial charge is 0.257 e. The summed E-state index contributed by atoms with van der Waals surface area (Å²) < 4.78 is 0.841. The van der Waals surface area contributed by atoms with Gasteiger partial charge in [0.2, 0.25) is 0 Å². The minimum atomic E-state index is -0.216. The molecule has 0 fully saturated rings. The molecule has 4 heteroatoms. The summed E-state index contributed by atoms with van der Waals surface area (Å²) in [7, 11) is 0. The molecule has 0 heterocycles. The highest BCUT2D eigenvalue weighted by atomic mass is 79.9. The zero-order valence-electron chi connectivity index (χ0n) is 9.71. The first kappa shape index (κ1) is 13.1. The molecule has 0 radical (unpaired) electrons. The van der Waals surface area contributed by atoms with E-state index in [0.717, 1.165) is 15.7 Å². The van der Waals surface area contributed by atoms with Crippen molar-refractivity contribution in [2.75, 3.05) is 5.32 Å². The zero-order chi connectivity index (χ0) is 13.1. The van der Waals surface area contributed by atoms with Crippen LogP contribution in [0.5, 0.6) is 0 Å². The maximum absolute atomic E-state index is 12.1. The van der Waals surface area contributed by atoms with Crippen molar-refractivity contribution in [1.82, 2.24) is 0 Å². The van der Waals surface area contributed by atoms with Gasteiger partial charge in [0.25, 0.3) is 5.91 Å². The van der Waals surface area contributed by atoms with Crippen molar-refractivity contribution in [2.24, 2.45) is 0 Å². The Bertz CT molecular complexity index is 598. The monoisotopic (exact) mass is 323 g/mol. The van der Waals surface area contributed by atoms with Gasteiger partial charge in [-0.1, -0.05) is 29.8 Å². The van der Waals surface area contributed by atoms with Crippen LogP contribution in [-0.2, 0) is 0 Å². The van der Waals surface area contributed by atoms with Crippen LogP contribution >= 0.6 is 27.5 Å². The first-order chi connectivity index (χ1) is 8.58. The lowest BCUT2D eigenvalue weighted by Gasteiger charge is -2.09. The van der Waals surface area contributed by atoms with Gasteiger partial charge in [-0.05, 0) is 52.7 Å². The lowest BCUT2D eigenvalue weighted by molar-refractivity contribution is 0.102. The van der Waals surface area contributed by atoms with Gasteiger partial charge in [-0.2, -0.15) is 0 Å². The van der Waals surface area contributed by atoms with Crippen LogP contribution in [0.2, 0.25) is 5.02 Å². The van der Waals surface area contributed by atoms with E-state index < -0.39 is 0 Å². The molecule has 0 saturated carbocycles. The standard InChI is InChI=1S/C14H11BrClNO/c1-9-6-7-11(15)13(8-9)17-14(18)10-4-2-3-5-12(10)16/h2-8H,1H3,(H,17,18). The molecular weight excluding hydrogens is 314 g/mol. The Morgan fingerprint density at radius 1 is 1.22 bits per heavy atom. The molecular formula is C14H11BrClNO. The third kappa shape index (κ3) is 2.92. The van der Waals surface area contributed by atoms with Crippen LogP contribution in [0.25, 0.3) is 0 Å². The molecule has 92 valence electrons. The van der Waals surface area contributed by atoms with Gasteiger partial charge in [0.05, 0.1) is 16.3 Å². The fourth-order valence-corrected chi connectivity index (χ4v) is 2.14. The summed E-state index contributed by atoms with van der Waals surface area (Å²) in [5.41, 5.74) is 2.28. The Balaban J connectivity index is 2.27. The summed E-state index contributed by atoms with van der Waals surface area (Å²) in [4.78, 5) is 12.1. The third-order valence-corrected chi connectivity index (χ3v) is 3.51. The molecule has 0 unspecified atom stereocenters. The summed E-state index contributed by atoms with van der Waals surface area (Å²) in [6, 6.07) is 12.7. The van der Waals surface area contributed by atoms with Crippen molar-refractivity contribution in [1.29, 1.82) is 0 Å². The predicted molar refractivity (Wildman–Crippen MR) is 78.3 cm³/mol. The Morgan fingerprint density at radius 2 is 1.94 bits per heavy atom. The average Bonchev–Trinajstić information content (AvgIpc) is 2.34. The second-order valence-electron chi connectivity index (χ2n) is 3.92.